The molecular formula is C6H10N2O4. The molecule has 0 aromatic rings. The summed E-state index contributed by atoms with van der Waals surface area (Å²) in [6.07, 6.45) is -0.0718. The van der Waals surface area contributed by atoms with Crippen LogP contribution in [0.25, 0.3) is 0 Å². The van der Waals surface area contributed by atoms with E-state index < -0.39 is 23.5 Å². The number of nitrogens with two attached hydrogens (primary N) is 1. The van der Waals surface area contributed by atoms with E-state index in [0.717, 1.165) is 0 Å². The maximum absolute atomic E-state index is 10.5. The second kappa shape index (κ2) is 2.72. The molecule has 1 aliphatic heterocycles. The first kappa shape index (κ1) is 8.95. The second-order valence-electron chi connectivity index (χ2n) is 2.94. The minimum Gasteiger partial charge on any atom is -0.480 e. The van der Waals surface area contributed by atoms with Crippen LogP contribution < -0.4 is 11.1 Å². The van der Waals surface area contributed by atoms with Crippen LogP contribution in [0.1, 0.15) is 6.42 Å². The minimum absolute atomic E-state index is 0.000694. The molecule has 1 unspecified atom stereocenters. The Labute approximate surface area is 68.4 Å². The van der Waals surface area contributed by atoms with Crippen LogP contribution in [0.3, 0.4) is 0 Å². The smallest absolute Gasteiger partial charge is 0.325 e. The summed E-state index contributed by atoms with van der Waals surface area (Å²) in [6.45, 7) is -0.000694. The van der Waals surface area contributed by atoms with Gasteiger partial charge < -0.3 is 21.3 Å². The molecule has 5 N–H and O–H groups in total. The lowest BCUT2D eigenvalue weighted by atomic mass is 9.98. The number of hydrogen-bond acceptors (Lipinski definition) is 4. The lowest BCUT2D eigenvalue weighted by Crippen LogP contribution is -2.49. The van der Waals surface area contributed by atoms with Crippen molar-refractivity contribution >= 4 is 11.9 Å². The van der Waals surface area contributed by atoms with E-state index in [1.807, 2.05) is 0 Å². The molecule has 1 heterocycles. The number of carbonyl (C=O) groups is 2. The second-order valence-corrected chi connectivity index (χ2v) is 2.94. The molecule has 0 saturated carbocycles. The van der Waals surface area contributed by atoms with Gasteiger partial charge in [0.15, 0.2) is 0 Å². The summed E-state index contributed by atoms with van der Waals surface area (Å²) in [7, 11) is 0. The molecule has 0 spiro atoms. The molecule has 6 nitrogen and oxygen atoms in total. The molecule has 0 aromatic heterocycles. The highest BCUT2D eigenvalue weighted by Crippen LogP contribution is 2.16. The average Bonchev–Trinajstić information content (AvgIpc) is 2.33. The number of nitrogens with one attached hydrogen (secondary N) is 1. The van der Waals surface area contributed by atoms with Gasteiger partial charge in [0, 0.05) is 13.0 Å². The molecular weight excluding hydrogens is 164 g/mol. The van der Waals surface area contributed by atoms with Gasteiger partial charge in [0.2, 0.25) is 0 Å². The summed E-state index contributed by atoms with van der Waals surface area (Å²) in [5, 5.41) is 19.7. The number of carboxylic acids is 2. The molecule has 6 heteroatoms. The fraction of sp³-hybridized carbons (Fsp3) is 0.667. The van der Waals surface area contributed by atoms with Crippen molar-refractivity contribution in [1.82, 2.24) is 5.32 Å². The maximum Gasteiger partial charge on any atom is 0.325 e. The molecule has 0 bridgehead atoms. The van der Waals surface area contributed by atoms with E-state index in [1.54, 1.807) is 0 Å². The summed E-state index contributed by atoms with van der Waals surface area (Å²) in [4.78, 5) is 20.9. The number of hydrogen-bond donors (Lipinski definition) is 4. The molecule has 0 amide bonds. The Morgan fingerprint density at radius 3 is 2.33 bits per heavy atom. The van der Waals surface area contributed by atoms with Crippen LogP contribution in [-0.2, 0) is 9.59 Å². The first-order valence-electron chi connectivity index (χ1n) is 3.44. The quantitative estimate of drug-likeness (QED) is 0.393. The standard InChI is InChI=1S/C6H10N2O4/c7-6(5(11)12)1-3(4(9)10)8-2-6/h3,8H,1-2,7H2,(H,9,10)(H,11,12)/t3?,6-/m0/s1. The topological polar surface area (TPSA) is 113 Å². The van der Waals surface area contributed by atoms with Crippen LogP contribution in [0.2, 0.25) is 0 Å². The van der Waals surface area contributed by atoms with E-state index in [2.05, 4.69) is 5.32 Å². The van der Waals surface area contributed by atoms with Gasteiger partial charge in [0.1, 0.15) is 11.6 Å². The summed E-state index contributed by atoms with van der Waals surface area (Å²) in [5.74, 6) is -2.23. The van der Waals surface area contributed by atoms with E-state index in [4.69, 9.17) is 15.9 Å². The zero-order valence-electron chi connectivity index (χ0n) is 6.28. The Hall–Kier alpha value is -1.14. The molecule has 0 radical (unpaired) electrons. The van der Waals surface area contributed by atoms with Gasteiger partial charge in [0.25, 0.3) is 0 Å². The van der Waals surface area contributed by atoms with Gasteiger partial charge in [-0.15, -0.1) is 0 Å². The van der Waals surface area contributed by atoms with Crippen LogP contribution >= 0.6 is 0 Å². The van der Waals surface area contributed by atoms with Crippen molar-refractivity contribution < 1.29 is 19.8 Å². The molecule has 0 aliphatic carbocycles. The van der Waals surface area contributed by atoms with Crippen LogP contribution in [0.4, 0.5) is 0 Å². The summed E-state index contributed by atoms with van der Waals surface area (Å²) in [6, 6.07) is -0.842. The summed E-state index contributed by atoms with van der Waals surface area (Å²) < 4.78 is 0. The van der Waals surface area contributed by atoms with Crippen molar-refractivity contribution in [1.29, 1.82) is 0 Å². The molecule has 68 valence electrons. The lowest BCUT2D eigenvalue weighted by Gasteiger charge is -2.15. The number of carboxylic acid groups (broad SMARTS) is 2. The van der Waals surface area contributed by atoms with Crippen molar-refractivity contribution in [2.24, 2.45) is 5.73 Å². The number of aliphatic carboxylic acids is 2. The monoisotopic (exact) mass is 174 g/mol. The van der Waals surface area contributed by atoms with Gasteiger partial charge in [-0.3, -0.25) is 9.59 Å². The van der Waals surface area contributed by atoms with Crippen molar-refractivity contribution in [2.45, 2.75) is 18.0 Å². The molecule has 1 fully saturated rings. The Balaban J connectivity index is 2.67. The highest BCUT2D eigenvalue weighted by Gasteiger charge is 2.44. The Morgan fingerprint density at radius 1 is 1.50 bits per heavy atom. The fourth-order valence-corrected chi connectivity index (χ4v) is 1.15. The lowest BCUT2D eigenvalue weighted by molar-refractivity contribution is -0.142. The van der Waals surface area contributed by atoms with E-state index >= 15 is 0 Å². The Kier molecular flexibility index (Phi) is 2.03. The molecule has 2 atom stereocenters. The van der Waals surface area contributed by atoms with E-state index in [9.17, 15) is 9.59 Å². The molecule has 1 aliphatic rings. The van der Waals surface area contributed by atoms with Gasteiger partial charge in [-0.1, -0.05) is 0 Å². The van der Waals surface area contributed by atoms with Crippen LogP contribution in [0.15, 0.2) is 0 Å². The normalized spacial score (nSPS) is 34.9. The Morgan fingerprint density at radius 2 is 2.08 bits per heavy atom. The average molecular weight is 174 g/mol. The molecule has 0 aromatic carbocycles. The van der Waals surface area contributed by atoms with E-state index in [0.29, 0.717) is 0 Å². The largest absolute Gasteiger partial charge is 0.480 e. The zero-order valence-corrected chi connectivity index (χ0v) is 6.28. The van der Waals surface area contributed by atoms with Gasteiger partial charge >= 0.3 is 11.9 Å². The van der Waals surface area contributed by atoms with Crippen LogP contribution in [0, 0.1) is 0 Å². The fourth-order valence-electron chi connectivity index (χ4n) is 1.15. The zero-order chi connectivity index (χ0) is 9.35. The van der Waals surface area contributed by atoms with Crippen LogP contribution in [-0.4, -0.2) is 40.3 Å². The maximum atomic E-state index is 10.5. The predicted octanol–water partition coefficient (Wildman–Crippen LogP) is -1.78. The third kappa shape index (κ3) is 1.39. The van der Waals surface area contributed by atoms with Crippen molar-refractivity contribution in [2.75, 3.05) is 6.54 Å². The molecule has 1 saturated heterocycles. The van der Waals surface area contributed by atoms with Gasteiger partial charge in [-0.2, -0.15) is 0 Å². The molecule has 12 heavy (non-hydrogen) atoms. The highest BCUT2D eigenvalue weighted by molar-refractivity contribution is 5.83. The summed E-state index contributed by atoms with van der Waals surface area (Å²) >= 11 is 0. The van der Waals surface area contributed by atoms with Crippen molar-refractivity contribution in [3.05, 3.63) is 0 Å². The van der Waals surface area contributed by atoms with Crippen LogP contribution in [0.5, 0.6) is 0 Å². The van der Waals surface area contributed by atoms with E-state index in [1.165, 1.54) is 0 Å². The number of rotatable bonds is 2. The molecule has 1 rings (SSSR count). The first-order chi connectivity index (χ1) is 5.46. The van der Waals surface area contributed by atoms with Crippen molar-refractivity contribution in [3.63, 3.8) is 0 Å². The van der Waals surface area contributed by atoms with Gasteiger partial charge in [-0.05, 0) is 0 Å². The Bertz CT molecular complexity index is 230. The third-order valence-electron chi connectivity index (χ3n) is 1.96. The van der Waals surface area contributed by atoms with Gasteiger partial charge in [-0.25, -0.2) is 0 Å². The van der Waals surface area contributed by atoms with Gasteiger partial charge in [0.05, 0.1) is 0 Å². The predicted molar refractivity (Wildman–Crippen MR) is 38.6 cm³/mol. The summed E-state index contributed by atoms with van der Waals surface area (Å²) in [5.41, 5.74) is 3.98. The third-order valence-corrected chi connectivity index (χ3v) is 1.96. The first-order valence-corrected chi connectivity index (χ1v) is 3.44. The SMILES string of the molecule is N[C@]1(C(=O)O)CNC(C(=O)O)C1. The van der Waals surface area contributed by atoms with E-state index in [-0.39, 0.29) is 13.0 Å². The van der Waals surface area contributed by atoms with Crippen molar-refractivity contribution in [3.8, 4) is 0 Å². The minimum atomic E-state index is -1.43. The highest BCUT2D eigenvalue weighted by atomic mass is 16.4.